The normalized spacial score (nSPS) is 14.7. The number of ether oxygens (including phenoxy) is 1. The van der Waals surface area contributed by atoms with Crippen molar-refractivity contribution in [2.75, 3.05) is 25.5 Å². The van der Waals surface area contributed by atoms with Gasteiger partial charge in [0.25, 0.3) is 0 Å². The summed E-state index contributed by atoms with van der Waals surface area (Å²) in [6.45, 7) is 5.55. The molecule has 1 saturated heterocycles. The molecule has 3 rings (SSSR count). The second kappa shape index (κ2) is 9.59. The smallest absolute Gasteiger partial charge is 0.227 e. The summed E-state index contributed by atoms with van der Waals surface area (Å²) in [6.07, 6.45) is 1.78. The zero-order valence-corrected chi connectivity index (χ0v) is 17.5. The molecule has 0 aromatic heterocycles. The summed E-state index contributed by atoms with van der Waals surface area (Å²) >= 11 is 0. The molecule has 5 heteroatoms. The first-order chi connectivity index (χ1) is 14.0. The zero-order chi connectivity index (χ0) is 20.8. The average molecular weight is 395 g/mol. The molecule has 0 radical (unpaired) electrons. The summed E-state index contributed by atoms with van der Waals surface area (Å²) in [5.74, 6) is 1.36. The molecule has 1 aliphatic rings. The molecule has 0 aliphatic carbocycles. The Morgan fingerprint density at radius 3 is 2.21 bits per heavy atom. The Labute approximate surface area is 173 Å². The van der Waals surface area contributed by atoms with E-state index in [-0.39, 0.29) is 17.7 Å². The van der Waals surface area contributed by atoms with E-state index in [1.165, 1.54) is 5.56 Å². The summed E-state index contributed by atoms with van der Waals surface area (Å²) < 4.78 is 5.15. The van der Waals surface area contributed by atoms with Gasteiger partial charge in [-0.3, -0.25) is 9.59 Å². The highest BCUT2D eigenvalue weighted by molar-refractivity contribution is 5.92. The van der Waals surface area contributed by atoms with Crippen molar-refractivity contribution in [1.82, 2.24) is 4.90 Å². The van der Waals surface area contributed by atoms with Crippen LogP contribution in [0.15, 0.2) is 48.5 Å². The van der Waals surface area contributed by atoms with Crippen molar-refractivity contribution in [3.63, 3.8) is 0 Å². The van der Waals surface area contributed by atoms with E-state index in [0.717, 1.165) is 17.0 Å². The predicted molar refractivity (Wildman–Crippen MR) is 115 cm³/mol. The molecular formula is C24H30N2O3. The van der Waals surface area contributed by atoms with E-state index in [9.17, 15) is 9.59 Å². The number of anilines is 1. The maximum atomic E-state index is 12.6. The van der Waals surface area contributed by atoms with E-state index >= 15 is 0 Å². The third-order valence-corrected chi connectivity index (χ3v) is 5.58. The number of carbonyl (C=O) groups excluding carboxylic acids is 2. The Bertz CT molecular complexity index is 820. The van der Waals surface area contributed by atoms with Crippen molar-refractivity contribution in [1.29, 1.82) is 0 Å². The number of likely N-dealkylation sites (tertiary alicyclic amines) is 1. The molecule has 0 spiro atoms. The largest absolute Gasteiger partial charge is 0.497 e. The summed E-state index contributed by atoms with van der Waals surface area (Å²) in [4.78, 5) is 27.0. The molecule has 0 atom stereocenters. The highest BCUT2D eigenvalue weighted by atomic mass is 16.5. The van der Waals surface area contributed by atoms with Crippen LogP contribution in [0.25, 0.3) is 0 Å². The zero-order valence-electron chi connectivity index (χ0n) is 17.5. The first kappa shape index (κ1) is 20.9. The second-order valence-electron chi connectivity index (χ2n) is 7.95. The maximum absolute atomic E-state index is 12.6. The number of methoxy groups -OCH3 is 1. The van der Waals surface area contributed by atoms with E-state index in [4.69, 9.17) is 4.74 Å². The van der Waals surface area contributed by atoms with Crippen molar-refractivity contribution in [3.8, 4) is 5.75 Å². The van der Waals surface area contributed by atoms with E-state index in [1.807, 2.05) is 41.3 Å². The van der Waals surface area contributed by atoms with Crippen LogP contribution >= 0.6 is 0 Å². The first-order valence-corrected chi connectivity index (χ1v) is 10.3. The number of carbonyl (C=O) groups is 2. The molecule has 0 bridgehead atoms. The van der Waals surface area contributed by atoms with Crippen LogP contribution in [0, 0.1) is 5.92 Å². The molecule has 5 nitrogen and oxygen atoms in total. The Morgan fingerprint density at radius 1 is 1.03 bits per heavy atom. The van der Waals surface area contributed by atoms with Crippen LogP contribution in [0.1, 0.15) is 43.7 Å². The Hall–Kier alpha value is -2.82. The molecule has 154 valence electrons. The highest BCUT2D eigenvalue weighted by Gasteiger charge is 2.27. The summed E-state index contributed by atoms with van der Waals surface area (Å²) in [5, 5.41) is 3.02. The van der Waals surface area contributed by atoms with Crippen LogP contribution in [0.2, 0.25) is 0 Å². The lowest BCUT2D eigenvalue weighted by Gasteiger charge is -2.31. The monoisotopic (exact) mass is 394 g/mol. The van der Waals surface area contributed by atoms with Gasteiger partial charge in [0.1, 0.15) is 5.75 Å². The van der Waals surface area contributed by atoms with Gasteiger partial charge in [-0.1, -0.05) is 38.1 Å². The minimum Gasteiger partial charge on any atom is -0.497 e. The van der Waals surface area contributed by atoms with Gasteiger partial charge in [-0.25, -0.2) is 0 Å². The van der Waals surface area contributed by atoms with Crippen LogP contribution in [0.3, 0.4) is 0 Å². The lowest BCUT2D eigenvalue weighted by molar-refractivity contribution is -0.133. The fourth-order valence-corrected chi connectivity index (χ4v) is 3.62. The second-order valence-corrected chi connectivity index (χ2v) is 7.95. The number of benzene rings is 2. The standard InChI is InChI=1S/C24H30N2O3/c1-17(2)19-6-8-21(9-7-19)25-24(28)20-12-14-26(15-13-20)23(27)16-18-4-10-22(29-3)11-5-18/h4-11,17,20H,12-16H2,1-3H3,(H,25,28). The van der Waals surface area contributed by atoms with E-state index in [0.29, 0.717) is 38.3 Å². The molecule has 1 N–H and O–H groups in total. The lowest BCUT2D eigenvalue weighted by Crippen LogP contribution is -2.42. The van der Waals surface area contributed by atoms with Crippen LogP contribution in [-0.2, 0) is 16.0 Å². The maximum Gasteiger partial charge on any atom is 0.227 e. The number of amides is 2. The van der Waals surface area contributed by atoms with Crippen LogP contribution < -0.4 is 10.1 Å². The SMILES string of the molecule is COc1ccc(CC(=O)N2CCC(C(=O)Nc3ccc(C(C)C)cc3)CC2)cc1. The fraction of sp³-hybridized carbons (Fsp3) is 0.417. The average Bonchev–Trinajstić information content (AvgIpc) is 2.74. The summed E-state index contributed by atoms with van der Waals surface area (Å²) in [7, 11) is 1.63. The first-order valence-electron chi connectivity index (χ1n) is 10.3. The van der Waals surface area contributed by atoms with Crippen molar-refractivity contribution in [3.05, 3.63) is 59.7 Å². The molecule has 29 heavy (non-hydrogen) atoms. The predicted octanol–water partition coefficient (Wildman–Crippen LogP) is 4.24. The Kier molecular flexibility index (Phi) is 6.91. The topological polar surface area (TPSA) is 58.6 Å². The van der Waals surface area contributed by atoms with Crippen LogP contribution in [0.4, 0.5) is 5.69 Å². The number of piperidine rings is 1. The fourth-order valence-electron chi connectivity index (χ4n) is 3.62. The van der Waals surface area contributed by atoms with Gasteiger partial charge in [-0.2, -0.15) is 0 Å². The van der Waals surface area contributed by atoms with E-state index in [1.54, 1.807) is 7.11 Å². The minimum atomic E-state index is -0.0511. The lowest BCUT2D eigenvalue weighted by atomic mass is 9.95. The van der Waals surface area contributed by atoms with Crippen molar-refractivity contribution < 1.29 is 14.3 Å². The van der Waals surface area contributed by atoms with Gasteiger partial charge in [0.05, 0.1) is 13.5 Å². The molecule has 2 aromatic rings. The summed E-state index contributed by atoms with van der Waals surface area (Å²) in [5.41, 5.74) is 3.06. The third kappa shape index (κ3) is 5.59. The van der Waals surface area contributed by atoms with Crippen molar-refractivity contribution in [2.24, 2.45) is 5.92 Å². The molecule has 2 amide bonds. The van der Waals surface area contributed by atoms with Gasteiger partial charge in [0, 0.05) is 24.7 Å². The highest BCUT2D eigenvalue weighted by Crippen LogP contribution is 2.22. The van der Waals surface area contributed by atoms with Gasteiger partial charge >= 0.3 is 0 Å². The van der Waals surface area contributed by atoms with Crippen LogP contribution in [-0.4, -0.2) is 36.9 Å². The molecule has 1 heterocycles. The molecular weight excluding hydrogens is 364 g/mol. The minimum absolute atomic E-state index is 0.0459. The molecule has 1 aliphatic heterocycles. The Morgan fingerprint density at radius 2 is 1.66 bits per heavy atom. The van der Waals surface area contributed by atoms with Gasteiger partial charge < -0.3 is 15.0 Å². The Balaban J connectivity index is 1.47. The van der Waals surface area contributed by atoms with Crippen LogP contribution in [0.5, 0.6) is 5.75 Å². The molecule has 0 saturated carbocycles. The van der Waals surface area contributed by atoms with Gasteiger partial charge in [0.2, 0.25) is 11.8 Å². The third-order valence-electron chi connectivity index (χ3n) is 5.58. The number of nitrogens with zero attached hydrogens (tertiary/aromatic N) is 1. The molecule has 1 fully saturated rings. The van der Waals surface area contributed by atoms with Gasteiger partial charge in [-0.05, 0) is 54.2 Å². The van der Waals surface area contributed by atoms with Gasteiger partial charge in [0.15, 0.2) is 0 Å². The van der Waals surface area contributed by atoms with Crippen molar-refractivity contribution >= 4 is 17.5 Å². The van der Waals surface area contributed by atoms with Gasteiger partial charge in [-0.15, -0.1) is 0 Å². The number of hydrogen-bond donors (Lipinski definition) is 1. The van der Waals surface area contributed by atoms with Crippen molar-refractivity contribution in [2.45, 2.75) is 39.0 Å². The van der Waals surface area contributed by atoms with E-state index in [2.05, 4.69) is 31.3 Å². The molecule has 2 aromatic carbocycles. The number of hydrogen-bond acceptors (Lipinski definition) is 3. The number of nitrogens with one attached hydrogen (secondary N) is 1. The number of rotatable bonds is 6. The summed E-state index contributed by atoms with van der Waals surface area (Å²) in [6, 6.07) is 15.6. The van der Waals surface area contributed by atoms with E-state index < -0.39 is 0 Å². The quantitative estimate of drug-likeness (QED) is 0.797. The molecule has 0 unspecified atom stereocenters.